The van der Waals surface area contributed by atoms with Gasteiger partial charge in [-0.15, -0.1) is 0 Å². The number of benzene rings is 1. The SMILES string of the molecule is COCCC(C)(Nc1ccccc1C#N)C(=O)O. The van der Waals surface area contributed by atoms with Crippen LogP contribution in [0.3, 0.4) is 0 Å². The molecule has 0 aromatic heterocycles. The molecule has 0 saturated carbocycles. The van der Waals surface area contributed by atoms with Crippen LogP contribution in [0, 0.1) is 11.3 Å². The van der Waals surface area contributed by atoms with Crippen LogP contribution in [0.4, 0.5) is 5.69 Å². The van der Waals surface area contributed by atoms with E-state index in [1.807, 2.05) is 6.07 Å². The smallest absolute Gasteiger partial charge is 0.329 e. The van der Waals surface area contributed by atoms with Crippen molar-refractivity contribution in [3.05, 3.63) is 29.8 Å². The van der Waals surface area contributed by atoms with Gasteiger partial charge in [-0.1, -0.05) is 12.1 Å². The number of para-hydroxylation sites is 1. The molecule has 0 radical (unpaired) electrons. The van der Waals surface area contributed by atoms with Crippen molar-refractivity contribution in [3.63, 3.8) is 0 Å². The number of nitrogens with one attached hydrogen (secondary N) is 1. The first-order valence-corrected chi connectivity index (χ1v) is 5.53. The number of anilines is 1. The third-order valence-electron chi connectivity index (χ3n) is 2.74. The van der Waals surface area contributed by atoms with Crippen molar-refractivity contribution in [2.75, 3.05) is 19.0 Å². The molecule has 0 spiro atoms. The lowest BCUT2D eigenvalue weighted by Crippen LogP contribution is -2.44. The second kappa shape index (κ2) is 6.03. The quantitative estimate of drug-likeness (QED) is 0.802. The topological polar surface area (TPSA) is 82.3 Å². The molecule has 0 fully saturated rings. The molecule has 0 aliphatic rings. The Labute approximate surface area is 106 Å². The molecule has 2 N–H and O–H groups in total. The number of nitriles is 1. The number of ether oxygens (including phenoxy) is 1. The van der Waals surface area contributed by atoms with Gasteiger partial charge in [-0.05, 0) is 19.1 Å². The van der Waals surface area contributed by atoms with Crippen LogP contribution in [-0.2, 0) is 9.53 Å². The van der Waals surface area contributed by atoms with E-state index in [9.17, 15) is 9.90 Å². The number of carboxylic acid groups (broad SMARTS) is 1. The van der Waals surface area contributed by atoms with E-state index in [-0.39, 0.29) is 0 Å². The standard InChI is InChI=1S/C13H16N2O3/c1-13(12(16)17,7-8-18-2)15-11-6-4-3-5-10(11)9-14/h3-6,15H,7-8H2,1-2H3,(H,16,17). The second-order valence-corrected chi connectivity index (χ2v) is 4.16. The van der Waals surface area contributed by atoms with E-state index in [1.54, 1.807) is 31.2 Å². The van der Waals surface area contributed by atoms with Crippen LogP contribution in [-0.4, -0.2) is 30.3 Å². The predicted octanol–water partition coefficient (Wildman–Crippen LogP) is 1.85. The third kappa shape index (κ3) is 3.22. The molecular formula is C13H16N2O3. The van der Waals surface area contributed by atoms with Crippen LogP contribution in [0.25, 0.3) is 0 Å². The highest BCUT2D eigenvalue weighted by molar-refractivity contribution is 5.83. The molecule has 0 aliphatic carbocycles. The summed E-state index contributed by atoms with van der Waals surface area (Å²) in [5.74, 6) is -0.979. The van der Waals surface area contributed by atoms with Gasteiger partial charge in [0.05, 0.1) is 11.3 Å². The molecule has 96 valence electrons. The largest absolute Gasteiger partial charge is 0.480 e. The molecule has 1 rings (SSSR count). The van der Waals surface area contributed by atoms with Crippen molar-refractivity contribution in [2.45, 2.75) is 18.9 Å². The number of nitrogens with zero attached hydrogens (tertiary/aromatic N) is 1. The average molecular weight is 248 g/mol. The van der Waals surface area contributed by atoms with E-state index in [0.717, 1.165) is 0 Å². The molecule has 5 nitrogen and oxygen atoms in total. The van der Waals surface area contributed by atoms with Crippen molar-refractivity contribution in [2.24, 2.45) is 0 Å². The molecule has 0 saturated heterocycles. The Morgan fingerprint density at radius 1 is 1.56 bits per heavy atom. The van der Waals surface area contributed by atoms with Crippen LogP contribution in [0.15, 0.2) is 24.3 Å². The molecule has 1 unspecified atom stereocenters. The maximum atomic E-state index is 11.3. The van der Waals surface area contributed by atoms with Gasteiger partial charge in [0.25, 0.3) is 0 Å². The van der Waals surface area contributed by atoms with Crippen molar-refractivity contribution < 1.29 is 14.6 Å². The van der Waals surface area contributed by atoms with Crippen molar-refractivity contribution in [1.82, 2.24) is 0 Å². The highest BCUT2D eigenvalue weighted by atomic mass is 16.5. The van der Waals surface area contributed by atoms with E-state index < -0.39 is 11.5 Å². The monoisotopic (exact) mass is 248 g/mol. The zero-order valence-electron chi connectivity index (χ0n) is 10.4. The van der Waals surface area contributed by atoms with E-state index in [4.69, 9.17) is 10.00 Å². The van der Waals surface area contributed by atoms with E-state index in [0.29, 0.717) is 24.3 Å². The number of methoxy groups -OCH3 is 1. The summed E-state index contributed by atoms with van der Waals surface area (Å²) in [5, 5.41) is 21.2. The Kier molecular flexibility index (Phi) is 4.69. The van der Waals surface area contributed by atoms with Crippen molar-refractivity contribution >= 4 is 11.7 Å². The van der Waals surface area contributed by atoms with E-state index in [2.05, 4.69) is 5.32 Å². The number of carbonyl (C=O) groups is 1. The van der Waals surface area contributed by atoms with Gasteiger partial charge in [0.2, 0.25) is 0 Å². The van der Waals surface area contributed by atoms with Gasteiger partial charge < -0.3 is 15.2 Å². The molecule has 0 heterocycles. The van der Waals surface area contributed by atoms with Crippen LogP contribution >= 0.6 is 0 Å². The molecule has 1 aromatic rings. The minimum absolute atomic E-state index is 0.304. The summed E-state index contributed by atoms with van der Waals surface area (Å²) in [7, 11) is 1.52. The number of hydrogen-bond acceptors (Lipinski definition) is 4. The van der Waals surface area contributed by atoms with Crippen LogP contribution in [0.1, 0.15) is 18.9 Å². The lowest BCUT2D eigenvalue weighted by Gasteiger charge is -2.27. The van der Waals surface area contributed by atoms with Gasteiger partial charge in [-0.3, -0.25) is 0 Å². The normalized spacial score (nSPS) is 13.4. The summed E-state index contributed by atoms with van der Waals surface area (Å²) < 4.78 is 4.91. The van der Waals surface area contributed by atoms with Gasteiger partial charge in [-0.25, -0.2) is 4.79 Å². The van der Waals surface area contributed by atoms with Gasteiger partial charge in [-0.2, -0.15) is 5.26 Å². The summed E-state index contributed by atoms with van der Waals surface area (Å²) in [5.41, 5.74) is -0.230. The predicted molar refractivity (Wildman–Crippen MR) is 67.3 cm³/mol. The zero-order valence-corrected chi connectivity index (χ0v) is 10.4. The summed E-state index contributed by atoms with van der Waals surface area (Å²) in [4.78, 5) is 11.3. The average Bonchev–Trinajstić information content (AvgIpc) is 2.37. The Morgan fingerprint density at radius 3 is 2.78 bits per heavy atom. The van der Waals surface area contributed by atoms with Gasteiger partial charge in [0.1, 0.15) is 11.6 Å². The highest BCUT2D eigenvalue weighted by Crippen LogP contribution is 2.22. The summed E-state index contributed by atoms with van der Waals surface area (Å²) >= 11 is 0. The molecule has 5 heteroatoms. The van der Waals surface area contributed by atoms with Crippen molar-refractivity contribution in [3.8, 4) is 6.07 Å². The summed E-state index contributed by atoms with van der Waals surface area (Å²) in [6.07, 6.45) is 0.304. The lowest BCUT2D eigenvalue weighted by molar-refractivity contribution is -0.142. The fraction of sp³-hybridized carbons (Fsp3) is 0.385. The van der Waals surface area contributed by atoms with Crippen molar-refractivity contribution in [1.29, 1.82) is 5.26 Å². The number of rotatable bonds is 6. The van der Waals surface area contributed by atoms with E-state index in [1.165, 1.54) is 7.11 Å². The van der Waals surface area contributed by atoms with Gasteiger partial charge >= 0.3 is 5.97 Å². The first kappa shape index (κ1) is 14.0. The molecule has 1 aromatic carbocycles. The first-order valence-electron chi connectivity index (χ1n) is 5.53. The van der Waals surface area contributed by atoms with Gasteiger partial charge in [0, 0.05) is 20.1 Å². The van der Waals surface area contributed by atoms with E-state index >= 15 is 0 Å². The molecule has 18 heavy (non-hydrogen) atoms. The van der Waals surface area contributed by atoms with Crippen LogP contribution in [0.2, 0.25) is 0 Å². The number of hydrogen-bond donors (Lipinski definition) is 2. The third-order valence-corrected chi connectivity index (χ3v) is 2.74. The maximum Gasteiger partial charge on any atom is 0.329 e. The summed E-state index contributed by atoms with van der Waals surface area (Å²) in [6.45, 7) is 1.90. The maximum absolute atomic E-state index is 11.3. The minimum Gasteiger partial charge on any atom is -0.480 e. The molecular weight excluding hydrogens is 232 g/mol. The van der Waals surface area contributed by atoms with Crippen LogP contribution < -0.4 is 5.32 Å². The Hall–Kier alpha value is -2.06. The minimum atomic E-state index is -1.16. The molecule has 0 amide bonds. The lowest BCUT2D eigenvalue weighted by atomic mass is 9.97. The summed E-state index contributed by atoms with van der Waals surface area (Å²) in [6, 6.07) is 8.84. The fourth-order valence-electron chi connectivity index (χ4n) is 1.52. The second-order valence-electron chi connectivity index (χ2n) is 4.16. The number of aliphatic carboxylic acids is 1. The number of carboxylic acids is 1. The van der Waals surface area contributed by atoms with Crippen LogP contribution in [0.5, 0.6) is 0 Å². The highest BCUT2D eigenvalue weighted by Gasteiger charge is 2.33. The molecule has 0 bridgehead atoms. The molecule has 1 atom stereocenters. The Morgan fingerprint density at radius 2 is 2.22 bits per heavy atom. The fourth-order valence-corrected chi connectivity index (χ4v) is 1.52. The van der Waals surface area contributed by atoms with Gasteiger partial charge in [0.15, 0.2) is 0 Å². The Balaban J connectivity index is 2.97. The zero-order chi connectivity index (χ0) is 13.6. The Bertz CT molecular complexity index is 468. The first-order chi connectivity index (χ1) is 8.53. The molecule has 0 aliphatic heterocycles.